The third-order valence-corrected chi connectivity index (χ3v) is 3.34. The van der Waals surface area contributed by atoms with Crippen LogP contribution < -0.4 is 9.64 Å². The molecule has 1 unspecified atom stereocenters. The largest absolute Gasteiger partial charge is 0.573 e. The zero-order chi connectivity index (χ0) is 17.8. The normalized spacial score (nSPS) is 13.6. The number of benzene rings is 1. The van der Waals surface area contributed by atoms with Gasteiger partial charge in [0.05, 0.1) is 0 Å². The second kappa shape index (κ2) is 7.23. The van der Waals surface area contributed by atoms with Gasteiger partial charge in [0.25, 0.3) is 0 Å². The van der Waals surface area contributed by atoms with E-state index < -0.39 is 11.8 Å². The van der Waals surface area contributed by atoms with Crippen molar-refractivity contribution in [1.82, 2.24) is 0 Å². The lowest BCUT2D eigenvalue weighted by Crippen LogP contribution is -2.45. The molecule has 1 aromatic rings. The number of hydrogen-bond acceptors (Lipinski definition) is 2. The molecule has 0 aliphatic heterocycles. The number of carbonyl (C=O) groups is 1. The van der Waals surface area contributed by atoms with E-state index in [1.807, 2.05) is 13.8 Å². The zero-order valence-corrected chi connectivity index (χ0v) is 14.2. The van der Waals surface area contributed by atoms with Gasteiger partial charge in [-0.25, -0.2) is 0 Å². The molecule has 0 radical (unpaired) electrons. The number of hydrogen-bond donors (Lipinski definition) is 0. The van der Waals surface area contributed by atoms with Gasteiger partial charge in [-0.2, -0.15) is 0 Å². The number of alkyl halides is 3. The Kier molecular flexibility index (Phi) is 6.08. The van der Waals surface area contributed by atoms with Crippen LogP contribution in [0.25, 0.3) is 0 Å². The third-order valence-electron chi connectivity index (χ3n) is 3.34. The Hall–Kier alpha value is -1.72. The quantitative estimate of drug-likeness (QED) is 0.746. The molecule has 0 aromatic heterocycles. The molecule has 0 saturated carbocycles. The molecule has 0 heterocycles. The van der Waals surface area contributed by atoms with E-state index in [1.54, 1.807) is 31.7 Å². The SMILES string of the molecule is CCCC(C)N(C(=O)C(C)(C)C)c1cccc(OC(F)(F)F)c1. The number of ether oxygens (including phenoxy) is 1. The summed E-state index contributed by atoms with van der Waals surface area (Å²) in [5.41, 5.74) is -0.226. The monoisotopic (exact) mass is 331 g/mol. The van der Waals surface area contributed by atoms with Crippen LogP contribution in [-0.4, -0.2) is 18.3 Å². The van der Waals surface area contributed by atoms with Gasteiger partial charge in [-0.15, -0.1) is 13.2 Å². The summed E-state index contributed by atoms with van der Waals surface area (Å²) < 4.78 is 41.2. The fourth-order valence-electron chi connectivity index (χ4n) is 2.31. The number of anilines is 1. The van der Waals surface area contributed by atoms with E-state index in [0.717, 1.165) is 12.8 Å². The van der Waals surface area contributed by atoms with Crippen molar-refractivity contribution in [1.29, 1.82) is 0 Å². The number of nitrogens with zero attached hydrogens (tertiary/aromatic N) is 1. The highest BCUT2D eigenvalue weighted by molar-refractivity contribution is 5.97. The summed E-state index contributed by atoms with van der Waals surface area (Å²) in [5.74, 6) is -0.465. The predicted molar refractivity (Wildman–Crippen MR) is 84.4 cm³/mol. The first-order valence-electron chi connectivity index (χ1n) is 7.65. The molecule has 6 heteroatoms. The summed E-state index contributed by atoms with van der Waals surface area (Å²) in [6, 6.07) is 5.44. The van der Waals surface area contributed by atoms with Crippen LogP contribution >= 0.6 is 0 Å². The molecule has 0 saturated heterocycles. The molecule has 0 aliphatic rings. The first-order valence-corrected chi connectivity index (χ1v) is 7.65. The molecule has 1 amide bonds. The molecule has 130 valence electrons. The summed E-state index contributed by atoms with van der Waals surface area (Å²) in [7, 11) is 0. The summed E-state index contributed by atoms with van der Waals surface area (Å²) >= 11 is 0. The van der Waals surface area contributed by atoms with Crippen LogP contribution in [0.2, 0.25) is 0 Å². The zero-order valence-electron chi connectivity index (χ0n) is 14.2. The summed E-state index contributed by atoms with van der Waals surface area (Å²) in [6.07, 6.45) is -3.13. The van der Waals surface area contributed by atoms with Crippen LogP contribution in [0.1, 0.15) is 47.5 Å². The fraction of sp³-hybridized carbons (Fsp3) is 0.588. The Labute approximate surface area is 135 Å². The van der Waals surface area contributed by atoms with Crippen LogP contribution in [0.3, 0.4) is 0 Å². The molecule has 3 nitrogen and oxygen atoms in total. The lowest BCUT2D eigenvalue weighted by molar-refractivity contribution is -0.274. The average molecular weight is 331 g/mol. The first kappa shape index (κ1) is 19.3. The van der Waals surface area contributed by atoms with E-state index in [0.29, 0.717) is 5.69 Å². The average Bonchev–Trinajstić information content (AvgIpc) is 2.36. The topological polar surface area (TPSA) is 29.5 Å². The molecule has 1 atom stereocenters. The Morgan fingerprint density at radius 3 is 2.35 bits per heavy atom. The van der Waals surface area contributed by atoms with Gasteiger partial charge in [0.1, 0.15) is 5.75 Å². The minimum Gasteiger partial charge on any atom is -0.406 e. The summed E-state index contributed by atoms with van der Waals surface area (Å²) in [6.45, 7) is 9.26. The van der Waals surface area contributed by atoms with E-state index in [1.165, 1.54) is 18.2 Å². The molecule has 0 bridgehead atoms. The molecular formula is C17H24F3NO2. The Balaban J connectivity index is 3.21. The Morgan fingerprint density at radius 1 is 1.26 bits per heavy atom. The maximum Gasteiger partial charge on any atom is 0.573 e. The molecule has 0 N–H and O–H groups in total. The van der Waals surface area contributed by atoms with Crippen molar-refractivity contribution in [3.05, 3.63) is 24.3 Å². The summed E-state index contributed by atoms with van der Waals surface area (Å²) in [5, 5.41) is 0. The van der Waals surface area contributed by atoms with Crippen molar-refractivity contribution in [3.63, 3.8) is 0 Å². The number of amides is 1. The van der Waals surface area contributed by atoms with Crippen molar-refractivity contribution >= 4 is 11.6 Å². The maximum absolute atomic E-state index is 12.7. The molecule has 1 aromatic carbocycles. The predicted octanol–water partition coefficient (Wildman–Crippen LogP) is 5.15. The van der Waals surface area contributed by atoms with Gasteiger partial charge in [0.15, 0.2) is 0 Å². The minimum absolute atomic E-state index is 0.118. The van der Waals surface area contributed by atoms with Crippen molar-refractivity contribution in [2.45, 2.75) is 59.9 Å². The van der Waals surface area contributed by atoms with Gasteiger partial charge < -0.3 is 9.64 Å². The molecule has 0 spiro atoms. The summed E-state index contributed by atoms with van der Waals surface area (Å²) in [4.78, 5) is 14.3. The van der Waals surface area contributed by atoms with E-state index in [9.17, 15) is 18.0 Å². The first-order chi connectivity index (χ1) is 10.5. The number of rotatable bonds is 5. The van der Waals surface area contributed by atoms with Crippen molar-refractivity contribution < 1.29 is 22.7 Å². The van der Waals surface area contributed by atoms with Crippen LogP contribution in [0, 0.1) is 5.41 Å². The maximum atomic E-state index is 12.7. The van der Waals surface area contributed by atoms with Crippen LogP contribution in [0.5, 0.6) is 5.75 Å². The van der Waals surface area contributed by atoms with Crippen LogP contribution in [-0.2, 0) is 4.79 Å². The molecule has 0 aliphatic carbocycles. The highest BCUT2D eigenvalue weighted by Crippen LogP contribution is 2.31. The van der Waals surface area contributed by atoms with E-state index in [4.69, 9.17) is 0 Å². The van der Waals surface area contributed by atoms with Gasteiger partial charge in [0, 0.05) is 23.2 Å². The smallest absolute Gasteiger partial charge is 0.406 e. The van der Waals surface area contributed by atoms with Gasteiger partial charge in [-0.05, 0) is 25.5 Å². The third kappa shape index (κ3) is 5.77. The van der Waals surface area contributed by atoms with E-state index >= 15 is 0 Å². The van der Waals surface area contributed by atoms with Gasteiger partial charge in [0.2, 0.25) is 5.91 Å². The van der Waals surface area contributed by atoms with Crippen molar-refractivity contribution in [3.8, 4) is 5.75 Å². The second-order valence-electron chi connectivity index (χ2n) is 6.61. The van der Waals surface area contributed by atoms with Gasteiger partial charge >= 0.3 is 6.36 Å². The van der Waals surface area contributed by atoms with Crippen LogP contribution in [0.4, 0.5) is 18.9 Å². The highest BCUT2D eigenvalue weighted by atomic mass is 19.4. The standard InChI is InChI=1S/C17H24F3NO2/c1-6-8-12(2)21(15(22)16(3,4)5)13-9-7-10-14(11-13)23-17(18,19)20/h7,9-12H,6,8H2,1-5H3. The van der Waals surface area contributed by atoms with Gasteiger partial charge in [-0.3, -0.25) is 4.79 Å². The molecule has 1 rings (SSSR count). The Bertz CT molecular complexity index is 535. The van der Waals surface area contributed by atoms with Crippen molar-refractivity contribution in [2.24, 2.45) is 5.41 Å². The number of halogens is 3. The van der Waals surface area contributed by atoms with Crippen LogP contribution in [0.15, 0.2) is 24.3 Å². The molecule has 0 fully saturated rings. The number of carbonyl (C=O) groups excluding carboxylic acids is 1. The second-order valence-corrected chi connectivity index (χ2v) is 6.61. The van der Waals surface area contributed by atoms with Gasteiger partial charge in [-0.1, -0.05) is 40.2 Å². The minimum atomic E-state index is -4.76. The Morgan fingerprint density at radius 2 is 1.87 bits per heavy atom. The van der Waals surface area contributed by atoms with Crippen molar-refractivity contribution in [2.75, 3.05) is 4.90 Å². The lowest BCUT2D eigenvalue weighted by atomic mass is 9.93. The molecular weight excluding hydrogens is 307 g/mol. The van der Waals surface area contributed by atoms with E-state index in [2.05, 4.69) is 4.74 Å². The van der Waals surface area contributed by atoms with E-state index in [-0.39, 0.29) is 17.7 Å². The highest BCUT2D eigenvalue weighted by Gasteiger charge is 2.33. The fourth-order valence-corrected chi connectivity index (χ4v) is 2.31. The lowest BCUT2D eigenvalue weighted by Gasteiger charge is -2.34. The molecule has 23 heavy (non-hydrogen) atoms.